The van der Waals surface area contributed by atoms with Crippen molar-refractivity contribution in [1.29, 1.82) is 0 Å². The SMILES string of the molecule is CCOC(=O)/N=C/c1ccc(/C=N/C(=O)OCC)s1.[Cl][Fe][Cl]. The first-order valence-electron chi connectivity index (χ1n) is 5.94. The molecule has 10 heteroatoms. The van der Waals surface area contributed by atoms with Crippen LogP contribution in [0.15, 0.2) is 22.1 Å². The van der Waals surface area contributed by atoms with Crippen LogP contribution in [0.4, 0.5) is 9.59 Å². The first kappa shape index (κ1) is 21.1. The van der Waals surface area contributed by atoms with Crippen molar-refractivity contribution in [3.05, 3.63) is 21.9 Å². The van der Waals surface area contributed by atoms with Gasteiger partial charge >= 0.3 is 45.5 Å². The van der Waals surface area contributed by atoms with Crippen LogP contribution in [-0.2, 0) is 22.6 Å². The number of rotatable bonds is 4. The van der Waals surface area contributed by atoms with Gasteiger partial charge in [0.2, 0.25) is 0 Å². The van der Waals surface area contributed by atoms with Crippen LogP contribution in [0.1, 0.15) is 23.6 Å². The van der Waals surface area contributed by atoms with Gasteiger partial charge in [0.1, 0.15) is 0 Å². The molecule has 0 aromatic carbocycles. The summed E-state index contributed by atoms with van der Waals surface area (Å²) in [5.41, 5.74) is 0. The van der Waals surface area contributed by atoms with Gasteiger partial charge < -0.3 is 9.47 Å². The zero-order valence-corrected chi connectivity index (χ0v) is 15.2. The van der Waals surface area contributed by atoms with Crippen molar-refractivity contribution in [3.63, 3.8) is 0 Å². The Bertz CT molecular complexity index is 480. The molecule has 0 aliphatic heterocycles. The van der Waals surface area contributed by atoms with Gasteiger partial charge in [-0.25, -0.2) is 9.59 Å². The molecule has 0 fully saturated rings. The summed E-state index contributed by atoms with van der Waals surface area (Å²) in [7, 11) is 9.53. The van der Waals surface area contributed by atoms with Gasteiger partial charge in [0, 0.05) is 9.75 Å². The fraction of sp³-hybridized carbons (Fsp3) is 0.333. The average molecular weight is 409 g/mol. The summed E-state index contributed by atoms with van der Waals surface area (Å²) in [6.45, 7) is 4.00. The second-order valence-corrected chi connectivity index (χ2v) is 6.18. The number of carbonyl (C=O) groups excluding carboxylic acids is 2. The Kier molecular flexibility index (Phi) is 13.1. The number of aliphatic imine (C=N–C) groups is 2. The van der Waals surface area contributed by atoms with E-state index in [1.165, 1.54) is 23.8 Å². The van der Waals surface area contributed by atoms with Crippen molar-refractivity contribution in [2.45, 2.75) is 13.8 Å². The molecule has 0 radical (unpaired) electrons. The molecule has 0 unspecified atom stereocenters. The molecule has 1 rings (SSSR count). The van der Waals surface area contributed by atoms with Crippen molar-refractivity contribution in [2.24, 2.45) is 9.98 Å². The zero-order chi connectivity index (χ0) is 16.8. The predicted molar refractivity (Wildman–Crippen MR) is 85.3 cm³/mol. The van der Waals surface area contributed by atoms with Crippen LogP contribution in [0, 0.1) is 0 Å². The maximum absolute atomic E-state index is 11.0. The number of carbonyl (C=O) groups is 2. The van der Waals surface area contributed by atoms with E-state index < -0.39 is 12.2 Å². The monoisotopic (exact) mass is 408 g/mol. The summed E-state index contributed by atoms with van der Waals surface area (Å²) < 4.78 is 9.31. The van der Waals surface area contributed by atoms with Crippen LogP contribution in [0.2, 0.25) is 0 Å². The summed E-state index contributed by atoms with van der Waals surface area (Å²) in [5, 5.41) is 0. The Morgan fingerprint density at radius 2 is 1.45 bits per heavy atom. The first-order valence-corrected chi connectivity index (χ1v) is 9.79. The van der Waals surface area contributed by atoms with E-state index in [4.69, 9.17) is 20.2 Å². The number of amides is 2. The minimum atomic E-state index is -0.627. The van der Waals surface area contributed by atoms with E-state index in [9.17, 15) is 9.59 Å². The number of nitrogens with zero attached hydrogens (tertiary/aromatic N) is 2. The quantitative estimate of drug-likeness (QED) is 0.550. The summed E-state index contributed by atoms with van der Waals surface area (Å²) in [6.07, 6.45) is 1.56. The van der Waals surface area contributed by atoms with E-state index in [0.717, 1.165) is 9.75 Å². The van der Waals surface area contributed by atoms with Crippen LogP contribution >= 0.6 is 31.5 Å². The Morgan fingerprint density at radius 3 is 1.77 bits per heavy atom. The van der Waals surface area contributed by atoms with E-state index in [0.29, 0.717) is 0 Å². The van der Waals surface area contributed by atoms with E-state index in [1.54, 1.807) is 26.0 Å². The normalized spacial score (nSPS) is 10.5. The molecule has 1 heterocycles. The molecule has 0 saturated heterocycles. The van der Waals surface area contributed by atoms with Gasteiger partial charge in [-0.15, -0.1) is 11.3 Å². The number of thiophene rings is 1. The molecular weight excluding hydrogens is 395 g/mol. The number of hydrogen-bond acceptors (Lipinski definition) is 5. The third-order valence-corrected chi connectivity index (χ3v) is 2.73. The molecule has 22 heavy (non-hydrogen) atoms. The molecule has 0 saturated carbocycles. The van der Waals surface area contributed by atoms with Gasteiger partial charge in [0.05, 0.1) is 25.6 Å². The van der Waals surface area contributed by atoms with E-state index in [-0.39, 0.29) is 26.3 Å². The van der Waals surface area contributed by atoms with Crippen LogP contribution in [0.25, 0.3) is 0 Å². The number of hydrogen-bond donors (Lipinski definition) is 0. The molecule has 0 aliphatic rings. The summed E-state index contributed by atoms with van der Waals surface area (Å²) in [4.78, 5) is 30.8. The second kappa shape index (κ2) is 13.7. The van der Waals surface area contributed by atoms with Gasteiger partial charge in [-0.3, -0.25) is 0 Å². The molecule has 0 spiro atoms. The van der Waals surface area contributed by atoms with Crippen molar-refractivity contribution in [1.82, 2.24) is 0 Å². The third-order valence-electron chi connectivity index (χ3n) is 1.78. The van der Waals surface area contributed by atoms with Gasteiger partial charge in [-0.05, 0) is 26.0 Å². The van der Waals surface area contributed by atoms with Gasteiger partial charge in [0.15, 0.2) is 0 Å². The van der Waals surface area contributed by atoms with Crippen molar-refractivity contribution >= 4 is 56.1 Å². The minimum absolute atomic E-state index is 0.194. The maximum atomic E-state index is 11.0. The third kappa shape index (κ3) is 10.8. The van der Waals surface area contributed by atoms with Gasteiger partial charge in [0.25, 0.3) is 0 Å². The molecule has 6 nitrogen and oxygen atoms in total. The van der Waals surface area contributed by atoms with Crippen LogP contribution < -0.4 is 0 Å². The van der Waals surface area contributed by atoms with Gasteiger partial charge in [-0.2, -0.15) is 9.98 Å². The van der Waals surface area contributed by atoms with E-state index in [2.05, 4.69) is 19.5 Å². The molecule has 2 amide bonds. The van der Waals surface area contributed by atoms with Crippen LogP contribution in [0.5, 0.6) is 0 Å². The van der Waals surface area contributed by atoms with E-state index in [1.807, 2.05) is 0 Å². The summed E-state index contributed by atoms with van der Waals surface area (Å²) >= 11 is 1.53. The molecule has 0 atom stereocenters. The predicted octanol–water partition coefficient (Wildman–Crippen LogP) is 4.28. The fourth-order valence-corrected chi connectivity index (χ4v) is 1.82. The molecule has 1 aromatic rings. The molecule has 1 aromatic heterocycles. The molecule has 0 aliphatic carbocycles. The van der Waals surface area contributed by atoms with Crippen LogP contribution in [0.3, 0.4) is 0 Å². The van der Waals surface area contributed by atoms with Crippen LogP contribution in [-0.4, -0.2) is 37.8 Å². The standard InChI is InChI=1S/C12H14N2O4S.2ClH.Fe/c1-3-17-11(15)13-7-9-5-6-10(19-9)8-14-12(16)18-4-2;;;/h5-8H,3-4H2,1-2H3;2*1H;/q;;;+2/p-2/b13-7+,14-8+;;;. The molecular formula is C12H14Cl2FeN2O4S. The second-order valence-electron chi connectivity index (χ2n) is 3.20. The molecule has 0 N–H and O–H groups in total. The Hall–Kier alpha value is -0.921. The molecule has 124 valence electrons. The Balaban J connectivity index is 0.00000135. The Labute approximate surface area is 147 Å². The van der Waals surface area contributed by atoms with E-state index >= 15 is 0 Å². The van der Waals surface area contributed by atoms with Gasteiger partial charge in [-0.1, -0.05) is 0 Å². The van der Waals surface area contributed by atoms with Crippen molar-refractivity contribution in [2.75, 3.05) is 13.2 Å². The Morgan fingerprint density at radius 1 is 1.09 bits per heavy atom. The summed E-state index contributed by atoms with van der Waals surface area (Å²) in [6, 6.07) is 3.53. The zero-order valence-electron chi connectivity index (χ0n) is 11.8. The van der Waals surface area contributed by atoms with Crippen molar-refractivity contribution in [3.8, 4) is 0 Å². The summed E-state index contributed by atoms with van der Waals surface area (Å²) in [5.74, 6) is 0. The average Bonchev–Trinajstić information content (AvgIpc) is 2.92. The first-order chi connectivity index (χ1) is 10.6. The van der Waals surface area contributed by atoms with Crippen molar-refractivity contribution < 1.29 is 32.2 Å². The fourth-order valence-electron chi connectivity index (χ4n) is 1.06. The topological polar surface area (TPSA) is 77.3 Å². The number of ether oxygens (including phenoxy) is 2. The number of halogens is 2. The molecule has 0 bridgehead atoms.